The Bertz CT molecular complexity index is 457. The molecule has 1 amide bonds. The highest BCUT2D eigenvalue weighted by molar-refractivity contribution is 9.09. The standard InChI is InChI=1S/C15H19BrFNO/c1-10-7-11(9-12(17)8-10)15(19)18(2)14-6-4-3-5-13(14)16/h7-9,13-14H,3-6H2,1-2H3. The molecule has 1 aromatic rings. The highest BCUT2D eigenvalue weighted by Crippen LogP contribution is 2.28. The Morgan fingerprint density at radius 3 is 2.63 bits per heavy atom. The molecule has 0 N–H and O–H groups in total. The smallest absolute Gasteiger partial charge is 0.253 e. The SMILES string of the molecule is Cc1cc(F)cc(C(=O)N(C)C2CCCCC2Br)c1. The van der Waals surface area contributed by atoms with E-state index >= 15 is 0 Å². The Morgan fingerprint density at radius 1 is 1.32 bits per heavy atom. The van der Waals surface area contributed by atoms with Crippen molar-refractivity contribution in [2.75, 3.05) is 7.05 Å². The number of hydrogen-bond acceptors (Lipinski definition) is 1. The van der Waals surface area contributed by atoms with Gasteiger partial charge in [-0.2, -0.15) is 0 Å². The summed E-state index contributed by atoms with van der Waals surface area (Å²) in [6, 6.07) is 4.70. The molecule has 0 spiro atoms. The lowest BCUT2D eigenvalue weighted by Gasteiger charge is -2.35. The summed E-state index contributed by atoms with van der Waals surface area (Å²) in [5.74, 6) is -0.449. The molecular weight excluding hydrogens is 309 g/mol. The van der Waals surface area contributed by atoms with E-state index < -0.39 is 0 Å². The van der Waals surface area contributed by atoms with E-state index in [1.807, 2.05) is 7.05 Å². The minimum Gasteiger partial charge on any atom is -0.338 e. The minimum atomic E-state index is -0.351. The van der Waals surface area contributed by atoms with Gasteiger partial charge in [-0.05, 0) is 43.5 Å². The second-order valence-electron chi connectivity index (χ2n) is 5.30. The Balaban J connectivity index is 2.18. The maximum absolute atomic E-state index is 13.4. The Labute approximate surface area is 122 Å². The van der Waals surface area contributed by atoms with Crippen LogP contribution in [0.15, 0.2) is 18.2 Å². The zero-order valence-corrected chi connectivity index (χ0v) is 12.9. The number of amides is 1. The molecule has 2 nitrogen and oxygen atoms in total. The van der Waals surface area contributed by atoms with Crippen LogP contribution < -0.4 is 0 Å². The molecule has 0 radical (unpaired) electrons. The Kier molecular flexibility index (Phi) is 4.61. The first-order valence-corrected chi connectivity index (χ1v) is 7.59. The van der Waals surface area contributed by atoms with E-state index in [0.717, 1.165) is 24.8 Å². The van der Waals surface area contributed by atoms with E-state index in [9.17, 15) is 9.18 Å². The molecule has 104 valence electrons. The summed E-state index contributed by atoms with van der Waals surface area (Å²) in [5.41, 5.74) is 1.21. The molecule has 2 atom stereocenters. The molecule has 2 unspecified atom stereocenters. The maximum atomic E-state index is 13.4. The largest absolute Gasteiger partial charge is 0.338 e. The summed E-state index contributed by atoms with van der Waals surface area (Å²) in [6.07, 6.45) is 4.44. The number of halogens is 2. The van der Waals surface area contributed by atoms with Gasteiger partial charge in [0.15, 0.2) is 0 Å². The van der Waals surface area contributed by atoms with Crippen molar-refractivity contribution in [3.63, 3.8) is 0 Å². The van der Waals surface area contributed by atoms with Crippen molar-refractivity contribution in [3.05, 3.63) is 35.1 Å². The molecule has 19 heavy (non-hydrogen) atoms. The van der Waals surface area contributed by atoms with Crippen molar-refractivity contribution in [2.45, 2.75) is 43.5 Å². The number of nitrogens with zero attached hydrogens (tertiary/aromatic N) is 1. The lowest BCUT2D eigenvalue weighted by atomic mass is 9.94. The number of aryl methyl sites for hydroxylation is 1. The highest BCUT2D eigenvalue weighted by atomic mass is 79.9. The van der Waals surface area contributed by atoms with Crippen molar-refractivity contribution in [3.8, 4) is 0 Å². The topological polar surface area (TPSA) is 20.3 Å². The fourth-order valence-electron chi connectivity index (χ4n) is 2.72. The predicted octanol–water partition coefficient (Wildman–Crippen LogP) is 3.91. The van der Waals surface area contributed by atoms with Gasteiger partial charge in [-0.3, -0.25) is 4.79 Å². The van der Waals surface area contributed by atoms with Crippen molar-refractivity contribution >= 4 is 21.8 Å². The zero-order valence-electron chi connectivity index (χ0n) is 11.3. The molecule has 0 aromatic heterocycles. The highest BCUT2D eigenvalue weighted by Gasteiger charge is 2.29. The molecule has 1 aliphatic rings. The molecule has 1 aliphatic carbocycles. The number of hydrogen-bond donors (Lipinski definition) is 0. The Morgan fingerprint density at radius 2 is 2.00 bits per heavy atom. The van der Waals surface area contributed by atoms with Crippen LogP contribution in [-0.2, 0) is 0 Å². The molecule has 0 saturated heterocycles. The van der Waals surface area contributed by atoms with E-state index in [4.69, 9.17) is 0 Å². The first kappa shape index (κ1) is 14.5. The minimum absolute atomic E-state index is 0.0982. The molecule has 1 saturated carbocycles. The van der Waals surface area contributed by atoms with E-state index in [-0.39, 0.29) is 17.8 Å². The van der Waals surface area contributed by atoms with E-state index in [0.29, 0.717) is 10.4 Å². The number of alkyl halides is 1. The molecular formula is C15H19BrFNO. The third-order valence-corrected chi connectivity index (χ3v) is 4.82. The van der Waals surface area contributed by atoms with Crippen LogP contribution in [0, 0.1) is 12.7 Å². The average molecular weight is 328 g/mol. The van der Waals surface area contributed by atoms with Gasteiger partial charge < -0.3 is 4.90 Å². The maximum Gasteiger partial charge on any atom is 0.253 e. The fourth-order valence-corrected chi connectivity index (χ4v) is 3.66. The zero-order chi connectivity index (χ0) is 14.0. The molecule has 1 fully saturated rings. The number of carbonyl (C=O) groups excluding carboxylic acids is 1. The van der Waals surface area contributed by atoms with Crippen LogP contribution in [-0.4, -0.2) is 28.7 Å². The molecule has 4 heteroatoms. The summed E-state index contributed by atoms with van der Waals surface area (Å²) in [5, 5.41) is 0. The summed E-state index contributed by atoms with van der Waals surface area (Å²) < 4.78 is 13.4. The van der Waals surface area contributed by atoms with Gasteiger partial charge in [-0.25, -0.2) is 4.39 Å². The lowest BCUT2D eigenvalue weighted by Crippen LogP contribution is -2.44. The van der Waals surface area contributed by atoms with Crippen LogP contribution >= 0.6 is 15.9 Å². The van der Waals surface area contributed by atoms with E-state index in [1.54, 1.807) is 17.9 Å². The van der Waals surface area contributed by atoms with Gasteiger partial charge in [-0.1, -0.05) is 28.8 Å². The van der Waals surface area contributed by atoms with Crippen LogP contribution in [0.3, 0.4) is 0 Å². The van der Waals surface area contributed by atoms with Crippen LogP contribution in [0.1, 0.15) is 41.6 Å². The second kappa shape index (κ2) is 6.04. The number of carbonyl (C=O) groups is 1. The summed E-state index contributed by atoms with van der Waals surface area (Å²) >= 11 is 3.66. The third kappa shape index (κ3) is 3.35. The van der Waals surface area contributed by atoms with Crippen LogP contribution in [0.4, 0.5) is 4.39 Å². The number of rotatable bonds is 2. The van der Waals surface area contributed by atoms with Crippen molar-refractivity contribution in [1.29, 1.82) is 0 Å². The second-order valence-corrected chi connectivity index (χ2v) is 6.48. The number of benzene rings is 1. The van der Waals surface area contributed by atoms with Gasteiger partial charge in [0.1, 0.15) is 5.82 Å². The van der Waals surface area contributed by atoms with Gasteiger partial charge in [0, 0.05) is 23.5 Å². The molecule has 1 aromatic carbocycles. The first-order valence-electron chi connectivity index (χ1n) is 6.67. The fraction of sp³-hybridized carbons (Fsp3) is 0.533. The van der Waals surface area contributed by atoms with Gasteiger partial charge in [0.25, 0.3) is 5.91 Å². The van der Waals surface area contributed by atoms with Gasteiger partial charge in [0.2, 0.25) is 0 Å². The predicted molar refractivity (Wildman–Crippen MR) is 78.2 cm³/mol. The quantitative estimate of drug-likeness (QED) is 0.754. The van der Waals surface area contributed by atoms with Crippen molar-refractivity contribution in [1.82, 2.24) is 4.90 Å². The summed E-state index contributed by atoms with van der Waals surface area (Å²) in [6.45, 7) is 1.80. The molecule has 0 heterocycles. The molecule has 0 aliphatic heterocycles. The van der Waals surface area contributed by atoms with Crippen LogP contribution in [0.2, 0.25) is 0 Å². The van der Waals surface area contributed by atoms with Gasteiger partial charge in [0.05, 0.1) is 0 Å². The van der Waals surface area contributed by atoms with Crippen molar-refractivity contribution in [2.24, 2.45) is 0 Å². The van der Waals surface area contributed by atoms with Crippen LogP contribution in [0.5, 0.6) is 0 Å². The molecule has 0 bridgehead atoms. The van der Waals surface area contributed by atoms with E-state index in [2.05, 4.69) is 15.9 Å². The lowest BCUT2D eigenvalue weighted by molar-refractivity contribution is 0.0704. The average Bonchev–Trinajstić information content (AvgIpc) is 2.36. The van der Waals surface area contributed by atoms with Gasteiger partial charge in [-0.15, -0.1) is 0 Å². The van der Waals surface area contributed by atoms with E-state index in [1.165, 1.54) is 18.6 Å². The van der Waals surface area contributed by atoms with Crippen molar-refractivity contribution < 1.29 is 9.18 Å². The summed E-state index contributed by atoms with van der Waals surface area (Å²) in [4.78, 5) is 14.5. The Hall–Kier alpha value is -0.900. The normalized spacial score (nSPS) is 23.2. The van der Waals surface area contributed by atoms with Crippen LogP contribution in [0.25, 0.3) is 0 Å². The summed E-state index contributed by atoms with van der Waals surface area (Å²) in [7, 11) is 1.81. The third-order valence-electron chi connectivity index (χ3n) is 3.75. The molecule has 2 rings (SSSR count). The first-order chi connectivity index (χ1) is 8.99. The van der Waals surface area contributed by atoms with Gasteiger partial charge >= 0.3 is 0 Å². The monoisotopic (exact) mass is 327 g/mol.